The van der Waals surface area contributed by atoms with E-state index in [1.807, 2.05) is 60.7 Å². The first-order valence-corrected chi connectivity index (χ1v) is 8.02. The number of nitrogens with one attached hydrogen (secondary N) is 1. The summed E-state index contributed by atoms with van der Waals surface area (Å²) in [6, 6.07) is 28.6. The Balaban J connectivity index is 1.98. The van der Waals surface area contributed by atoms with Crippen molar-refractivity contribution in [3.63, 3.8) is 0 Å². The molecule has 0 fully saturated rings. The van der Waals surface area contributed by atoms with Crippen molar-refractivity contribution in [3.8, 4) is 0 Å². The predicted octanol–water partition coefficient (Wildman–Crippen LogP) is 5.28. The van der Waals surface area contributed by atoms with Gasteiger partial charge in [0, 0.05) is 11.1 Å². The highest BCUT2D eigenvalue weighted by Crippen LogP contribution is 2.17. The molecule has 3 rings (SSSR count). The fourth-order valence-electron chi connectivity index (χ4n) is 2.57. The highest BCUT2D eigenvalue weighted by Gasteiger charge is 2.07. The molecule has 0 saturated heterocycles. The van der Waals surface area contributed by atoms with Gasteiger partial charge in [-0.25, -0.2) is 0 Å². The molecule has 0 radical (unpaired) electrons. The van der Waals surface area contributed by atoms with E-state index < -0.39 is 0 Å². The van der Waals surface area contributed by atoms with Crippen LogP contribution < -0.4 is 5.43 Å². The summed E-state index contributed by atoms with van der Waals surface area (Å²) in [6.07, 6.45) is 2.71. The fraction of sp³-hybridized carbons (Fsp3) is 0.0455. The van der Waals surface area contributed by atoms with Gasteiger partial charge in [0.05, 0.1) is 11.4 Å². The van der Waals surface area contributed by atoms with Crippen LogP contribution in [-0.4, -0.2) is 5.71 Å². The maximum absolute atomic E-state index is 4.71. The zero-order valence-electron chi connectivity index (χ0n) is 13.5. The van der Waals surface area contributed by atoms with Crippen LogP contribution >= 0.6 is 0 Å². The van der Waals surface area contributed by atoms with Crippen LogP contribution in [0.5, 0.6) is 0 Å². The summed E-state index contributed by atoms with van der Waals surface area (Å²) < 4.78 is 0. The van der Waals surface area contributed by atoms with E-state index in [0.717, 1.165) is 28.9 Å². The van der Waals surface area contributed by atoms with E-state index in [2.05, 4.69) is 42.3 Å². The molecule has 0 aliphatic rings. The van der Waals surface area contributed by atoms with Gasteiger partial charge in [0.15, 0.2) is 0 Å². The minimum Gasteiger partial charge on any atom is -0.278 e. The van der Waals surface area contributed by atoms with Crippen LogP contribution in [0.1, 0.15) is 16.7 Å². The van der Waals surface area contributed by atoms with Crippen molar-refractivity contribution in [1.29, 1.82) is 0 Å². The third-order valence-corrected chi connectivity index (χ3v) is 3.76. The molecule has 0 amide bonds. The molecule has 0 atom stereocenters. The Bertz CT molecular complexity index is 779. The lowest BCUT2D eigenvalue weighted by molar-refractivity contribution is 1.23. The quantitative estimate of drug-likeness (QED) is 0.374. The second-order valence-corrected chi connectivity index (χ2v) is 5.45. The summed E-state index contributed by atoms with van der Waals surface area (Å²) in [7, 11) is 0. The molecule has 3 aromatic carbocycles. The van der Waals surface area contributed by atoms with Gasteiger partial charge in [-0.2, -0.15) is 5.10 Å². The molecule has 0 heterocycles. The van der Waals surface area contributed by atoms with Gasteiger partial charge in [-0.15, -0.1) is 6.58 Å². The first-order chi connectivity index (χ1) is 11.9. The van der Waals surface area contributed by atoms with Gasteiger partial charge in [-0.1, -0.05) is 84.9 Å². The second-order valence-electron chi connectivity index (χ2n) is 5.45. The maximum atomic E-state index is 4.71. The Morgan fingerprint density at radius 2 is 1.33 bits per heavy atom. The van der Waals surface area contributed by atoms with E-state index in [4.69, 9.17) is 5.10 Å². The summed E-state index contributed by atoms with van der Waals surface area (Å²) in [5, 5.41) is 4.71. The summed E-state index contributed by atoms with van der Waals surface area (Å²) in [5.74, 6) is 0. The Morgan fingerprint density at radius 3 is 1.92 bits per heavy atom. The monoisotopic (exact) mass is 312 g/mol. The lowest BCUT2D eigenvalue weighted by Crippen LogP contribution is -2.07. The van der Waals surface area contributed by atoms with Gasteiger partial charge in [-0.05, 0) is 18.1 Å². The van der Waals surface area contributed by atoms with Gasteiger partial charge in [0.2, 0.25) is 0 Å². The summed E-state index contributed by atoms with van der Waals surface area (Å²) in [6.45, 7) is 3.82. The number of hydrogen-bond donors (Lipinski definition) is 1. The molecule has 118 valence electrons. The van der Waals surface area contributed by atoms with Gasteiger partial charge in [0.25, 0.3) is 0 Å². The Morgan fingerprint density at radius 1 is 0.792 bits per heavy atom. The van der Waals surface area contributed by atoms with Crippen LogP contribution in [0.2, 0.25) is 0 Å². The van der Waals surface area contributed by atoms with E-state index in [0.29, 0.717) is 0 Å². The van der Waals surface area contributed by atoms with Gasteiger partial charge >= 0.3 is 0 Å². The highest BCUT2D eigenvalue weighted by molar-refractivity contribution is 6.13. The SMILES string of the molecule is C=CCc1ccccc1NN=C(c1ccccc1)c1ccccc1. The van der Waals surface area contributed by atoms with Crippen molar-refractivity contribution >= 4 is 11.4 Å². The molecular formula is C22H20N2. The normalized spacial score (nSPS) is 10.0. The van der Waals surface area contributed by atoms with Crippen molar-refractivity contribution in [1.82, 2.24) is 0 Å². The third kappa shape index (κ3) is 3.79. The molecule has 0 aliphatic carbocycles. The molecule has 0 spiro atoms. The first-order valence-electron chi connectivity index (χ1n) is 8.02. The first kappa shape index (κ1) is 15.8. The van der Waals surface area contributed by atoms with Crippen molar-refractivity contribution in [2.75, 3.05) is 5.43 Å². The molecular weight excluding hydrogens is 292 g/mol. The molecule has 3 aromatic rings. The van der Waals surface area contributed by atoms with Crippen LogP contribution in [0, 0.1) is 0 Å². The molecule has 2 nitrogen and oxygen atoms in total. The van der Waals surface area contributed by atoms with Gasteiger partial charge in [-0.3, -0.25) is 5.43 Å². The Hall–Kier alpha value is -3.13. The van der Waals surface area contributed by atoms with Crippen LogP contribution in [0.15, 0.2) is 103 Å². The molecule has 0 bridgehead atoms. The predicted molar refractivity (Wildman–Crippen MR) is 102 cm³/mol. The molecule has 0 aromatic heterocycles. The average molecular weight is 312 g/mol. The standard InChI is InChI=1S/C22H20N2/c1-2-11-18-12-9-10-17-21(18)23-24-22(19-13-5-3-6-14-19)20-15-7-4-8-16-20/h2-10,12-17,23H,1,11H2. The number of hydrogen-bond acceptors (Lipinski definition) is 2. The second kappa shape index (κ2) is 7.93. The summed E-state index contributed by atoms with van der Waals surface area (Å²) in [5.41, 5.74) is 8.50. The van der Waals surface area contributed by atoms with E-state index in [-0.39, 0.29) is 0 Å². The lowest BCUT2D eigenvalue weighted by atomic mass is 10.0. The molecule has 2 heteroatoms. The molecule has 24 heavy (non-hydrogen) atoms. The van der Waals surface area contributed by atoms with Crippen LogP contribution in [0.3, 0.4) is 0 Å². The highest BCUT2D eigenvalue weighted by atomic mass is 15.3. The van der Waals surface area contributed by atoms with Gasteiger partial charge < -0.3 is 0 Å². The zero-order valence-corrected chi connectivity index (χ0v) is 13.5. The number of nitrogens with zero attached hydrogens (tertiary/aromatic N) is 1. The average Bonchev–Trinajstić information content (AvgIpc) is 2.65. The van der Waals surface area contributed by atoms with Gasteiger partial charge in [0.1, 0.15) is 0 Å². The molecule has 0 saturated carbocycles. The van der Waals surface area contributed by atoms with E-state index >= 15 is 0 Å². The van der Waals surface area contributed by atoms with E-state index in [1.54, 1.807) is 0 Å². The number of anilines is 1. The number of benzene rings is 3. The number of para-hydroxylation sites is 1. The molecule has 1 N–H and O–H groups in total. The smallest absolute Gasteiger partial charge is 0.0977 e. The third-order valence-electron chi connectivity index (χ3n) is 3.76. The largest absolute Gasteiger partial charge is 0.278 e. The summed E-state index contributed by atoms with van der Waals surface area (Å²) >= 11 is 0. The minimum atomic E-state index is 0.810. The van der Waals surface area contributed by atoms with Crippen LogP contribution in [-0.2, 0) is 6.42 Å². The lowest BCUT2D eigenvalue weighted by Gasteiger charge is -2.11. The van der Waals surface area contributed by atoms with Crippen molar-refractivity contribution in [3.05, 3.63) is 114 Å². The fourth-order valence-corrected chi connectivity index (χ4v) is 2.57. The van der Waals surface area contributed by atoms with E-state index in [9.17, 15) is 0 Å². The number of allylic oxidation sites excluding steroid dienone is 1. The van der Waals surface area contributed by atoms with Crippen LogP contribution in [0.4, 0.5) is 5.69 Å². The van der Waals surface area contributed by atoms with Crippen molar-refractivity contribution < 1.29 is 0 Å². The maximum Gasteiger partial charge on any atom is 0.0977 e. The van der Waals surface area contributed by atoms with Crippen LogP contribution in [0.25, 0.3) is 0 Å². The Labute approximate surface area is 143 Å². The van der Waals surface area contributed by atoms with E-state index in [1.165, 1.54) is 5.56 Å². The zero-order chi connectivity index (χ0) is 16.6. The molecule has 0 aliphatic heterocycles. The Kier molecular flexibility index (Phi) is 5.21. The topological polar surface area (TPSA) is 24.4 Å². The van der Waals surface area contributed by atoms with Crippen molar-refractivity contribution in [2.24, 2.45) is 5.10 Å². The van der Waals surface area contributed by atoms with Crippen molar-refractivity contribution in [2.45, 2.75) is 6.42 Å². The summed E-state index contributed by atoms with van der Waals surface area (Å²) in [4.78, 5) is 0. The molecule has 0 unspecified atom stereocenters. The number of rotatable bonds is 6. The minimum absolute atomic E-state index is 0.810. The number of hydrazone groups is 1.